The Hall–Kier alpha value is -0.210. The van der Waals surface area contributed by atoms with E-state index < -0.39 is 0 Å². The van der Waals surface area contributed by atoms with Gasteiger partial charge in [0.05, 0.1) is 0 Å². The molecule has 0 aliphatic heterocycles. The van der Waals surface area contributed by atoms with Crippen LogP contribution in [0.5, 0.6) is 0 Å². The predicted molar refractivity (Wildman–Crippen MR) is 69.8 cm³/mol. The summed E-state index contributed by atoms with van der Waals surface area (Å²) in [4.78, 5) is 1.30. The van der Waals surface area contributed by atoms with Gasteiger partial charge in [-0.1, -0.05) is 41.9 Å². The molecule has 0 amide bonds. The molecule has 1 aromatic carbocycles. The highest BCUT2D eigenvalue weighted by atomic mass is 79.9. The van der Waals surface area contributed by atoms with Gasteiger partial charge in [0.15, 0.2) is 0 Å². The summed E-state index contributed by atoms with van der Waals surface area (Å²) in [6.45, 7) is 10.4. The molecule has 0 saturated carbocycles. The van der Waals surface area contributed by atoms with E-state index in [1.807, 2.05) is 18.7 Å². The molecule has 0 aromatic heterocycles. The van der Waals surface area contributed by atoms with Crippen LogP contribution in [0.25, 0.3) is 5.57 Å². The lowest BCUT2D eigenvalue weighted by Gasteiger charge is -2.08. The maximum Gasteiger partial charge on any atom is 0.0192 e. The van der Waals surface area contributed by atoms with Gasteiger partial charge >= 0.3 is 0 Å². The zero-order valence-electron chi connectivity index (χ0n) is 8.80. The molecule has 1 rings (SSSR count). The van der Waals surface area contributed by atoms with Crippen LogP contribution in [-0.4, -0.2) is 5.25 Å². The molecule has 0 atom stereocenters. The SMILES string of the molecule is C=C(C)c1cc(Br)cc(SC(C)C)c1. The summed E-state index contributed by atoms with van der Waals surface area (Å²) in [5.41, 5.74) is 2.32. The second kappa shape index (κ2) is 5.04. The molecule has 0 heterocycles. The summed E-state index contributed by atoms with van der Waals surface area (Å²) in [5, 5.41) is 0.613. The van der Waals surface area contributed by atoms with Crippen molar-refractivity contribution in [2.24, 2.45) is 0 Å². The van der Waals surface area contributed by atoms with Gasteiger partial charge in [0.25, 0.3) is 0 Å². The largest absolute Gasteiger partial charge is 0.123 e. The minimum Gasteiger partial charge on any atom is -0.123 e. The topological polar surface area (TPSA) is 0 Å². The van der Waals surface area contributed by atoms with Gasteiger partial charge in [0.2, 0.25) is 0 Å². The van der Waals surface area contributed by atoms with Crippen molar-refractivity contribution in [3.8, 4) is 0 Å². The summed E-state index contributed by atoms with van der Waals surface area (Å²) in [6, 6.07) is 6.45. The molecule has 0 N–H and O–H groups in total. The predicted octanol–water partition coefficient (Wildman–Crippen LogP) is 4.98. The van der Waals surface area contributed by atoms with E-state index in [-0.39, 0.29) is 0 Å². The molecule has 0 aliphatic rings. The Morgan fingerprint density at radius 1 is 1.36 bits per heavy atom. The van der Waals surface area contributed by atoms with Gasteiger partial charge in [-0.15, -0.1) is 11.8 Å². The van der Waals surface area contributed by atoms with Crippen LogP contribution in [0.4, 0.5) is 0 Å². The van der Waals surface area contributed by atoms with Crippen LogP contribution in [0.1, 0.15) is 26.3 Å². The fraction of sp³-hybridized carbons (Fsp3) is 0.333. The first-order valence-electron chi connectivity index (χ1n) is 4.62. The number of benzene rings is 1. The van der Waals surface area contributed by atoms with Crippen molar-refractivity contribution in [2.45, 2.75) is 30.9 Å². The van der Waals surface area contributed by atoms with Crippen molar-refractivity contribution in [1.29, 1.82) is 0 Å². The Kier molecular flexibility index (Phi) is 4.27. The summed E-state index contributed by atoms with van der Waals surface area (Å²) < 4.78 is 1.13. The Morgan fingerprint density at radius 3 is 2.50 bits per heavy atom. The fourth-order valence-electron chi connectivity index (χ4n) is 1.15. The molecule has 0 fully saturated rings. The first kappa shape index (κ1) is 11.9. The van der Waals surface area contributed by atoms with Crippen molar-refractivity contribution in [3.63, 3.8) is 0 Å². The Morgan fingerprint density at radius 2 is 2.00 bits per heavy atom. The Labute approximate surface area is 98.9 Å². The zero-order valence-corrected chi connectivity index (χ0v) is 11.2. The van der Waals surface area contributed by atoms with Gasteiger partial charge < -0.3 is 0 Å². The smallest absolute Gasteiger partial charge is 0.0192 e. The van der Waals surface area contributed by atoms with Crippen LogP contribution in [0.3, 0.4) is 0 Å². The number of halogens is 1. The Balaban J connectivity index is 3.01. The van der Waals surface area contributed by atoms with E-state index in [9.17, 15) is 0 Å². The molecule has 76 valence electrons. The first-order valence-corrected chi connectivity index (χ1v) is 6.29. The van der Waals surface area contributed by atoms with Crippen molar-refractivity contribution in [3.05, 3.63) is 34.8 Å². The van der Waals surface area contributed by atoms with E-state index in [1.165, 1.54) is 10.5 Å². The number of rotatable bonds is 3. The fourth-order valence-corrected chi connectivity index (χ4v) is 2.73. The van der Waals surface area contributed by atoms with E-state index in [4.69, 9.17) is 0 Å². The van der Waals surface area contributed by atoms with Crippen molar-refractivity contribution < 1.29 is 0 Å². The van der Waals surface area contributed by atoms with Gasteiger partial charge in [0.1, 0.15) is 0 Å². The van der Waals surface area contributed by atoms with E-state index in [0.717, 1.165) is 10.0 Å². The van der Waals surface area contributed by atoms with Gasteiger partial charge in [-0.25, -0.2) is 0 Å². The molecule has 0 spiro atoms. The summed E-state index contributed by atoms with van der Waals surface area (Å²) in [7, 11) is 0. The quantitative estimate of drug-likeness (QED) is 0.698. The number of hydrogen-bond donors (Lipinski definition) is 0. The van der Waals surface area contributed by atoms with Crippen LogP contribution in [0.15, 0.2) is 34.1 Å². The number of hydrogen-bond acceptors (Lipinski definition) is 1. The average molecular weight is 271 g/mol. The second-order valence-electron chi connectivity index (χ2n) is 3.62. The molecule has 0 radical (unpaired) electrons. The maximum absolute atomic E-state index is 3.96. The molecule has 0 aliphatic carbocycles. The van der Waals surface area contributed by atoms with Gasteiger partial charge in [-0.3, -0.25) is 0 Å². The van der Waals surface area contributed by atoms with Gasteiger partial charge in [-0.2, -0.15) is 0 Å². The molecule has 1 aromatic rings. The van der Waals surface area contributed by atoms with Crippen LogP contribution in [0, 0.1) is 0 Å². The minimum absolute atomic E-state index is 0.613. The van der Waals surface area contributed by atoms with Crippen LogP contribution in [0.2, 0.25) is 0 Å². The lowest BCUT2D eigenvalue weighted by atomic mass is 10.1. The van der Waals surface area contributed by atoms with Crippen molar-refractivity contribution in [1.82, 2.24) is 0 Å². The molecular formula is C12H15BrS. The third kappa shape index (κ3) is 3.50. The van der Waals surface area contributed by atoms with Gasteiger partial charge in [-0.05, 0) is 30.7 Å². The average Bonchev–Trinajstić information content (AvgIpc) is 2.01. The second-order valence-corrected chi connectivity index (χ2v) is 6.19. The minimum atomic E-state index is 0.613. The number of thioether (sulfide) groups is 1. The van der Waals surface area contributed by atoms with E-state index in [2.05, 4.69) is 54.6 Å². The molecule has 0 unspecified atom stereocenters. The lowest BCUT2D eigenvalue weighted by molar-refractivity contribution is 1.11. The number of allylic oxidation sites excluding steroid dienone is 1. The molecule has 0 saturated heterocycles. The van der Waals surface area contributed by atoms with E-state index in [0.29, 0.717) is 5.25 Å². The van der Waals surface area contributed by atoms with Gasteiger partial charge in [0, 0.05) is 14.6 Å². The van der Waals surface area contributed by atoms with E-state index >= 15 is 0 Å². The normalized spacial score (nSPS) is 10.6. The van der Waals surface area contributed by atoms with Crippen LogP contribution in [-0.2, 0) is 0 Å². The maximum atomic E-state index is 3.96. The summed E-state index contributed by atoms with van der Waals surface area (Å²) >= 11 is 5.39. The summed E-state index contributed by atoms with van der Waals surface area (Å²) in [5.74, 6) is 0. The molecule has 14 heavy (non-hydrogen) atoms. The standard InChI is InChI=1S/C12H15BrS/c1-8(2)10-5-11(13)7-12(6-10)14-9(3)4/h5-7,9H,1H2,2-4H3. The van der Waals surface area contributed by atoms with Crippen molar-refractivity contribution >= 4 is 33.3 Å². The highest BCUT2D eigenvalue weighted by Gasteiger charge is 2.02. The van der Waals surface area contributed by atoms with Crippen LogP contribution >= 0.6 is 27.7 Å². The molecule has 0 nitrogen and oxygen atoms in total. The molecular weight excluding hydrogens is 256 g/mol. The molecule has 2 heteroatoms. The first-order chi connectivity index (χ1) is 6.49. The van der Waals surface area contributed by atoms with E-state index in [1.54, 1.807) is 0 Å². The highest BCUT2D eigenvalue weighted by molar-refractivity contribution is 9.10. The van der Waals surface area contributed by atoms with Crippen LogP contribution < -0.4 is 0 Å². The summed E-state index contributed by atoms with van der Waals surface area (Å²) in [6.07, 6.45) is 0. The molecule has 0 bridgehead atoms. The Bertz CT molecular complexity index is 342. The lowest BCUT2D eigenvalue weighted by Crippen LogP contribution is -1.87. The zero-order chi connectivity index (χ0) is 10.7. The third-order valence-corrected chi connectivity index (χ3v) is 3.17. The van der Waals surface area contributed by atoms with Crippen molar-refractivity contribution in [2.75, 3.05) is 0 Å². The third-order valence-electron chi connectivity index (χ3n) is 1.74. The highest BCUT2D eigenvalue weighted by Crippen LogP contribution is 2.29. The monoisotopic (exact) mass is 270 g/mol.